The molecule has 0 atom stereocenters. The van der Waals surface area contributed by atoms with E-state index in [1.165, 1.54) is 7.11 Å². The average molecular weight is 299 g/mol. The summed E-state index contributed by atoms with van der Waals surface area (Å²) in [4.78, 5) is 33.9. The van der Waals surface area contributed by atoms with Crippen molar-refractivity contribution in [2.75, 3.05) is 20.2 Å². The molecule has 0 aromatic heterocycles. The van der Waals surface area contributed by atoms with Crippen molar-refractivity contribution in [3.8, 4) is 0 Å². The highest BCUT2D eigenvalue weighted by Crippen LogP contribution is 2.09. The normalized spacial score (nSPS) is 9.70. The van der Waals surface area contributed by atoms with Gasteiger partial charge in [0.1, 0.15) is 0 Å². The number of esters is 1. The number of amides is 2. The Kier molecular flexibility index (Phi) is 6.52. The number of nitrogens with one attached hydrogen (secondary N) is 2. The van der Waals surface area contributed by atoms with Crippen molar-refractivity contribution in [2.24, 2.45) is 0 Å². The topological polar surface area (TPSA) is 84.5 Å². The van der Waals surface area contributed by atoms with Gasteiger partial charge in [-0.3, -0.25) is 14.4 Å². The van der Waals surface area contributed by atoms with Crippen molar-refractivity contribution in [1.82, 2.24) is 10.6 Å². The van der Waals surface area contributed by atoms with Crippen molar-refractivity contribution in [3.05, 3.63) is 34.9 Å². The summed E-state index contributed by atoms with van der Waals surface area (Å²) < 4.78 is 4.43. The molecule has 6 nitrogen and oxygen atoms in total. The van der Waals surface area contributed by atoms with Crippen LogP contribution < -0.4 is 10.6 Å². The zero-order valence-electron chi connectivity index (χ0n) is 10.9. The van der Waals surface area contributed by atoms with Crippen molar-refractivity contribution >= 4 is 29.4 Å². The summed E-state index contributed by atoms with van der Waals surface area (Å²) in [5.41, 5.74) is 0.414. The van der Waals surface area contributed by atoms with Gasteiger partial charge in [0, 0.05) is 17.1 Å². The number of methoxy groups -OCH3 is 1. The molecular formula is C13H15ClN2O4. The Labute approximate surface area is 121 Å². The minimum absolute atomic E-state index is 0.0906. The highest BCUT2D eigenvalue weighted by molar-refractivity contribution is 6.30. The summed E-state index contributed by atoms with van der Waals surface area (Å²) in [6.07, 6.45) is 0.0906. The summed E-state index contributed by atoms with van der Waals surface area (Å²) in [6.45, 7) is 0.00492. The molecule has 0 unspecified atom stereocenters. The van der Waals surface area contributed by atoms with Crippen LogP contribution in [0, 0.1) is 0 Å². The summed E-state index contributed by atoms with van der Waals surface area (Å²) in [7, 11) is 1.27. The molecule has 1 aromatic carbocycles. The molecule has 20 heavy (non-hydrogen) atoms. The summed E-state index contributed by atoms with van der Waals surface area (Å²) >= 11 is 5.70. The van der Waals surface area contributed by atoms with Crippen LogP contribution in [-0.4, -0.2) is 38.0 Å². The van der Waals surface area contributed by atoms with E-state index in [1.54, 1.807) is 24.3 Å². The van der Waals surface area contributed by atoms with Crippen molar-refractivity contribution < 1.29 is 19.1 Å². The largest absolute Gasteiger partial charge is 0.469 e. The number of benzene rings is 1. The van der Waals surface area contributed by atoms with Gasteiger partial charge in [0.2, 0.25) is 5.91 Å². The molecule has 0 saturated carbocycles. The maximum Gasteiger partial charge on any atom is 0.307 e. The minimum Gasteiger partial charge on any atom is -0.469 e. The fraction of sp³-hybridized carbons (Fsp3) is 0.308. The number of hydrogen-bond donors (Lipinski definition) is 2. The quantitative estimate of drug-likeness (QED) is 0.759. The molecule has 1 rings (SSSR count). The number of halogens is 1. The molecule has 108 valence electrons. The van der Waals surface area contributed by atoms with Gasteiger partial charge in [-0.2, -0.15) is 0 Å². The van der Waals surface area contributed by atoms with Crippen LogP contribution in [0.4, 0.5) is 0 Å². The zero-order valence-corrected chi connectivity index (χ0v) is 11.7. The molecule has 0 bridgehead atoms. The third kappa shape index (κ3) is 5.71. The van der Waals surface area contributed by atoms with Crippen LogP contribution in [0.1, 0.15) is 16.8 Å². The van der Waals surface area contributed by atoms with Crippen LogP contribution in [0.3, 0.4) is 0 Å². The maximum absolute atomic E-state index is 11.7. The standard InChI is InChI=1S/C13H15ClN2O4/c1-20-12(18)6-7-15-11(17)8-16-13(19)9-2-4-10(14)5-3-9/h2-5H,6-8H2,1H3,(H,15,17)(H,16,19). The van der Waals surface area contributed by atoms with Gasteiger partial charge in [-0.15, -0.1) is 0 Å². The second-order valence-electron chi connectivity index (χ2n) is 3.87. The molecule has 1 aromatic rings. The van der Waals surface area contributed by atoms with Crippen molar-refractivity contribution in [3.63, 3.8) is 0 Å². The molecular weight excluding hydrogens is 284 g/mol. The number of hydrogen-bond acceptors (Lipinski definition) is 4. The molecule has 0 saturated heterocycles. The second kappa shape index (κ2) is 8.16. The van der Waals surface area contributed by atoms with Gasteiger partial charge >= 0.3 is 5.97 Å². The van der Waals surface area contributed by atoms with Crippen molar-refractivity contribution in [2.45, 2.75) is 6.42 Å². The third-order valence-corrected chi connectivity index (χ3v) is 2.65. The molecule has 0 aliphatic rings. The summed E-state index contributed by atoms with van der Waals surface area (Å²) in [6, 6.07) is 6.31. The van der Waals surface area contributed by atoms with Gasteiger partial charge in [0.25, 0.3) is 5.91 Å². The van der Waals surface area contributed by atoms with E-state index in [0.717, 1.165) is 0 Å². The Morgan fingerprint density at radius 1 is 1.15 bits per heavy atom. The maximum atomic E-state index is 11.7. The number of rotatable bonds is 6. The lowest BCUT2D eigenvalue weighted by Crippen LogP contribution is -2.37. The predicted molar refractivity (Wildman–Crippen MR) is 73.4 cm³/mol. The Bertz CT molecular complexity index is 488. The monoisotopic (exact) mass is 298 g/mol. The lowest BCUT2D eigenvalue weighted by molar-refractivity contribution is -0.140. The Morgan fingerprint density at radius 2 is 1.80 bits per heavy atom. The Morgan fingerprint density at radius 3 is 2.40 bits per heavy atom. The first-order valence-corrected chi connectivity index (χ1v) is 6.28. The molecule has 7 heteroatoms. The van der Waals surface area contributed by atoms with Gasteiger partial charge in [0.05, 0.1) is 20.1 Å². The van der Waals surface area contributed by atoms with Gasteiger partial charge in [0.15, 0.2) is 0 Å². The van der Waals surface area contributed by atoms with Gasteiger partial charge in [-0.1, -0.05) is 11.6 Å². The lowest BCUT2D eigenvalue weighted by atomic mass is 10.2. The Balaban J connectivity index is 2.28. The van der Waals surface area contributed by atoms with Gasteiger partial charge in [-0.25, -0.2) is 0 Å². The van der Waals surface area contributed by atoms with E-state index < -0.39 is 5.97 Å². The highest BCUT2D eigenvalue weighted by atomic mass is 35.5. The smallest absolute Gasteiger partial charge is 0.307 e. The number of carbonyl (C=O) groups excluding carboxylic acids is 3. The molecule has 0 aliphatic carbocycles. The molecule has 0 radical (unpaired) electrons. The predicted octanol–water partition coefficient (Wildman–Crippen LogP) is 0.749. The van der Waals surface area contributed by atoms with E-state index in [1.807, 2.05) is 0 Å². The van der Waals surface area contributed by atoms with Crippen LogP contribution in [0.5, 0.6) is 0 Å². The van der Waals surface area contributed by atoms with Crippen molar-refractivity contribution in [1.29, 1.82) is 0 Å². The second-order valence-corrected chi connectivity index (χ2v) is 4.30. The van der Waals surface area contributed by atoms with E-state index in [-0.39, 0.29) is 31.3 Å². The summed E-state index contributed by atoms with van der Waals surface area (Å²) in [5.74, 6) is -1.16. The highest BCUT2D eigenvalue weighted by Gasteiger charge is 2.08. The average Bonchev–Trinajstić information content (AvgIpc) is 2.45. The minimum atomic E-state index is -0.407. The van der Waals surface area contributed by atoms with E-state index in [4.69, 9.17) is 11.6 Å². The molecule has 0 spiro atoms. The SMILES string of the molecule is COC(=O)CCNC(=O)CNC(=O)c1ccc(Cl)cc1. The van der Waals surface area contributed by atoms with Crippen LogP contribution in [0.25, 0.3) is 0 Å². The fourth-order valence-corrected chi connectivity index (χ4v) is 1.46. The summed E-state index contributed by atoms with van der Waals surface area (Å²) in [5, 5.41) is 5.48. The van der Waals surface area contributed by atoms with E-state index >= 15 is 0 Å². The lowest BCUT2D eigenvalue weighted by Gasteiger charge is -2.06. The first kappa shape index (κ1) is 16.0. The van der Waals surface area contributed by atoms with E-state index in [2.05, 4.69) is 15.4 Å². The van der Waals surface area contributed by atoms with Crippen LogP contribution in [-0.2, 0) is 14.3 Å². The first-order valence-electron chi connectivity index (χ1n) is 5.90. The van der Waals surface area contributed by atoms with Crippen LogP contribution >= 0.6 is 11.6 Å². The molecule has 2 amide bonds. The zero-order chi connectivity index (χ0) is 15.0. The van der Waals surface area contributed by atoms with Gasteiger partial charge in [-0.05, 0) is 24.3 Å². The molecule has 0 aliphatic heterocycles. The number of carbonyl (C=O) groups is 3. The van der Waals surface area contributed by atoms with Crippen LogP contribution in [0.15, 0.2) is 24.3 Å². The van der Waals surface area contributed by atoms with Gasteiger partial charge < -0.3 is 15.4 Å². The number of ether oxygens (including phenoxy) is 1. The molecule has 0 heterocycles. The first-order chi connectivity index (χ1) is 9.52. The van der Waals surface area contributed by atoms with E-state index in [0.29, 0.717) is 10.6 Å². The van der Waals surface area contributed by atoms with E-state index in [9.17, 15) is 14.4 Å². The fourth-order valence-electron chi connectivity index (χ4n) is 1.33. The molecule has 2 N–H and O–H groups in total. The Hall–Kier alpha value is -2.08. The van der Waals surface area contributed by atoms with Crippen LogP contribution in [0.2, 0.25) is 5.02 Å². The third-order valence-electron chi connectivity index (χ3n) is 2.39. The molecule has 0 fully saturated rings.